The number of fused-ring (bicyclic) bond motifs is 1. The fraction of sp³-hybridized carbons (Fsp3) is 0.519. The van der Waals surface area contributed by atoms with E-state index in [0.717, 1.165) is 31.2 Å². The van der Waals surface area contributed by atoms with Gasteiger partial charge in [0, 0.05) is 18.5 Å². The fourth-order valence-corrected chi connectivity index (χ4v) is 5.18. The number of aryl methyl sites for hydroxylation is 1. The van der Waals surface area contributed by atoms with Crippen LogP contribution in [-0.2, 0) is 24.1 Å². The molecule has 34 heavy (non-hydrogen) atoms. The second-order valence-electron chi connectivity index (χ2n) is 9.93. The maximum Gasteiger partial charge on any atom is 0.303 e. The minimum Gasteiger partial charge on any atom is -0.489 e. The third-order valence-electron chi connectivity index (χ3n) is 6.40. The Hall–Kier alpha value is -1.79. The Kier molecular flexibility index (Phi) is 9.66. The molecule has 1 atom stereocenters. The van der Waals surface area contributed by atoms with Crippen LogP contribution in [0.25, 0.3) is 0 Å². The number of carboxylic acids is 1. The van der Waals surface area contributed by atoms with Crippen molar-refractivity contribution in [2.24, 2.45) is 5.92 Å². The minimum atomic E-state index is -0.798. The third-order valence-corrected chi connectivity index (χ3v) is 7.30. The number of carboxylic acid groups (broad SMARTS) is 1. The van der Waals surface area contributed by atoms with Crippen molar-refractivity contribution in [3.63, 3.8) is 0 Å². The van der Waals surface area contributed by atoms with Crippen LogP contribution in [0, 0.1) is 5.92 Å². The van der Waals surface area contributed by atoms with Crippen molar-refractivity contribution in [1.82, 2.24) is 5.32 Å². The standard InChI is InChI=1S/C27H35Cl2NO4/c1-27(2,15-18-13-20-8-3-4-9-21(20)14-18)30-16-22(31)17-34-23-12-11-19(25(28)26(23)29)7-5-6-10-24(32)33/h3-4,8-9,11-12,18,22,30-31H,5-7,10,13-17H2,1-2H3,(H,32,33)/t22-/m1/s1. The smallest absolute Gasteiger partial charge is 0.303 e. The molecule has 0 saturated heterocycles. The van der Waals surface area contributed by atoms with Crippen molar-refractivity contribution in [1.29, 1.82) is 0 Å². The van der Waals surface area contributed by atoms with Crippen LogP contribution in [0.5, 0.6) is 5.75 Å². The van der Waals surface area contributed by atoms with Crippen LogP contribution in [0.2, 0.25) is 10.0 Å². The first kappa shape index (κ1) is 26.8. The Morgan fingerprint density at radius 1 is 1.12 bits per heavy atom. The lowest BCUT2D eigenvalue weighted by atomic mass is 9.88. The lowest BCUT2D eigenvalue weighted by molar-refractivity contribution is -0.137. The number of aliphatic hydroxyl groups excluding tert-OH is 1. The summed E-state index contributed by atoms with van der Waals surface area (Å²) in [6, 6.07) is 12.3. The Balaban J connectivity index is 1.42. The largest absolute Gasteiger partial charge is 0.489 e. The Morgan fingerprint density at radius 3 is 2.44 bits per heavy atom. The van der Waals surface area contributed by atoms with Gasteiger partial charge in [0.15, 0.2) is 0 Å². The van der Waals surface area contributed by atoms with E-state index in [9.17, 15) is 9.90 Å². The highest BCUT2D eigenvalue weighted by molar-refractivity contribution is 6.43. The van der Waals surface area contributed by atoms with Crippen molar-refractivity contribution < 1.29 is 19.7 Å². The van der Waals surface area contributed by atoms with Gasteiger partial charge in [0.05, 0.1) is 5.02 Å². The van der Waals surface area contributed by atoms with Crippen LogP contribution in [-0.4, -0.2) is 41.0 Å². The van der Waals surface area contributed by atoms with Gasteiger partial charge in [-0.3, -0.25) is 4.79 Å². The highest BCUT2D eigenvalue weighted by Crippen LogP contribution is 2.36. The van der Waals surface area contributed by atoms with E-state index in [0.29, 0.717) is 41.1 Å². The molecule has 0 unspecified atom stereocenters. The van der Waals surface area contributed by atoms with Gasteiger partial charge in [-0.25, -0.2) is 0 Å². The van der Waals surface area contributed by atoms with E-state index in [2.05, 4.69) is 43.4 Å². The van der Waals surface area contributed by atoms with Crippen molar-refractivity contribution in [3.05, 3.63) is 63.1 Å². The highest BCUT2D eigenvalue weighted by atomic mass is 35.5. The van der Waals surface area contributed by atoms with Crippen LogP contribution < -0.4 is 10.1 Å². The van der Waals surface area contributed by atoms with Gasteiger partial charge in [0.2, 0.25) is 0 Å². The molecule has 3 N–H and O–H groups in total. The second-order valence-corrected chi connectivity index (χ2v) is 10.7. The van der Waals surface area contributed by atoms with E-state index in [1.165, 1.54) is 11.1 Å². The molecule has 0 saturated carbocycles. The summed E-state index contributed by atoms with van der Waals surface area (Å²) < 4.78 is 5.75. The minimum absolute atomic E-state index is 0.100. The molecule has 0 aliphatic heterocycles. The van der Waals surface area contributed by atoms with E-state index in [4.69, 9.17) is 33.0 Å². The molecule has 0 spiro atoms. The molecule has 1 aliphatic carbocycles. The van der Waals surface area contributed by atoms with E-state index in [1.54, 1.807) is 6.07 Å². The Morgan fingerprint density at radius 2 is 1.79 bits per heavy atom. The number of benzene rings is 2. The number of carbonyl (C=O) groups is 1. The first-order chi connectivity index (χ1) is 16.1. The second kappa shape index (κ2) is 12.3. The first-order valence-corrected chi connectivity index (χ1v) is 12.7. The number of hydrogen-bond donors (Lipinski definition) is 3. The molecule has 0 bridgehead atoms. The van der Waals surface area contributed by atoms with Crippen LogP contribution in [0.3, 0.4) is 0 Å². The van der Waals surface area contributed by atoms with Crippen LogP contribution >= 0.6 is 23.2 Å². The summed E-state index contributed by atoms with van der Waals surface area (Å²) in [5.41, 5.74) is 3.68. The molecule has 0 fully saturated rings. The first-order valence-electron chi connectivity index (χ1n) is 12.0. The van der Waals surface area contributed by atoms with Crippen LogP contribution in [0.1, 0.15) is 56.2 Å². The lowest BCUT2D eigenvalue weighted by Gasteiger charge is -2.30. The molecule has 1 aliphatic rings. The molecule has 0 aromatic heterocycles. The SMILES string of the molecule is CC(C)(CC1Cc2ccccc2C1)NC[C@@H](O)COc1ccc(CCCCC(=O)O)c(Cl)c1Cl. The predicted octanol–water partition coefficient (Wildman–Crippen LogP) is 5.70. The van der Waals surface area contributed by atoms with Gasteiger partial charge in [-0.05, 0) is 81.0 Å². The predicted molar refractivity (Wildman–Crippen MR) is 137 cm³/mol. The number of unbranched alkanes of at least 4 members (excludes halogenated alkanes) is 1. The molecule has 0 heterocycles. The molecule has 2 aromatic rings. The Bertz CT molecular complexity index is 954. The molecule has 5 nitrogen and oxygen atoms in total. The molecular formula is C27H35Cl2NO4. The number of nitrogens with one attached hydrogen (secondary N) is 1. The summed E-state index contributed by atoms with van der Waals surface area (Å²) in [5, 5.41) is 23.4. The van der Waals surface area contributed by atoms with Crippen molar-refractivity contribution in [2.45, 2.75) is 70.4 Å². The molecule has 7 heteroatoms. The maximum absolute atomic E-state index is 10.6. The summed E-state index contributed by atoms with van der Waals surface area (Å²) in [6.07, 6.45) is 4.67. The molecule has 186 valence electrons. The summed E-state index contributed by atoms with van der Waals surface area (Å²) in [7, 11) is 0. The zero-order valence-electron chi connectivity index (χ0n) is 19.9. The van der Waals surface area contributed by atoms with E-state index in [-0.39, 0.29) is 18.6 Å². The van der Waals surface area contributed by atoms with Crippen LogP contribution in [0.15, 0.2) is 36.4 Å². The molecule has 0 amide bonds. The summed E-state index contributed by atoms with van der Waals surface area (Å²) in [4.78, 5) is 10.6. The number of aliphatic carboxylic acids is 1. The molecule has 0 radical (unpaired) electrons. The summed E-state index contributed by atoms with van der Waals surface area (Å²) in [6.45, 7) is 4.87. The number of halogens is 2. The molecule has 2 aromatic carbocycles. The number of aliphatic hydroxyl groups is 1. The molecular weight excluding hydrogens is 473 g/mol. The number of ether oxygens (including phenoxy) is 1. The third kappa shape index (κ3) is 7.88. The average molecular weight is 508 g/mol. The van der Waals surface area contributed by atoms with Gasteiger partial charge in [-0.15, -0.1) is 0 Å². The zero-order chi connectivity index (χ0) is 24.7. The monoisotopic (exact) mass is 507 g/mol. The van der Waals surface area contributed by atoms with Gasteiger partial charge in [-0.2, -0.15) is 0 Å². The lowest BCUT2D eigenvalue weighted by Crippen LogP contribution is -2.46. The number of β-amino-alcohol motifs (C(OH)–C–C–N with tert-alkyl or cyclic N) is 1. The van der Waals surface area contributed by atoms with Gasteiger partial charge in [0.25, 0.3) is 0 Å². The maximum atomic E-state index is 10.6. The quantitative estimate of drug-likeness (QED) is 0.303. The average Bonchev–Trinajstić information content (AvgIpc) is 3.18. The summed E-state index contributed by atoms with van der Waals surface area (Å²) in [5.74, 6) is 0.244. The van der Waals surface area contributed by atoms with Crippen molar-refractivity contribution in [3.8, 4) is 5.75 Å². The number of hydrogen-bond acceptors (Lipinski definition) is 4. The zero-order valence-corrected chi connectivity index (χ0v) is 21.5. The Labute approximate surface area is 212 Å². The van der Waals surface area contributed by atoms with E-state index in [1.807, 2.05) is 6.07 Å². The van der Waals surface area contributed by atoms with Gasteiger partial charge in [0.1, 0.15) is 23.5 Å². The van der Waals surface area contributed by atoms with Crippen LogP contribution in [0.4, 0.5) is 0 Å². The van der Waals surface area contributed by atoms with Gasteiger partial charge in [-0.1, -0.05) is 53.5 Å². The number of rotatable bonds is 13. The topological polar surface area (TPSA) is 78.8 Å². The summed E-state index contributed by atoms with van der Waals surface area (Å²) >= 11 is 12.8. The molecule has 3 rings (SSSR count). The van der Waals surface area contributed by atoms with Gasteiger partial charge >= 0.3 is 5.97 Å². The van der Waals surface area contributed by atoms with Crippen molar-refractivity contribution >= 4 is 29.2 Å². The van der Waals surface area contributed by atoms with Gasteiger partial charge < -0.3 is 20.3 Å². The normalized spacial score (nSPS) is 14.7. The van der Waals surface area contributed by atoms with Crippen molar-refractivity contribution in [2.75, 3.05) is 13.2 Å². The van der Waals surface area contributed by atoms with E-state index < -0.39 is 12.1 Å². The highest BCUT2D eigenvalue weighted by Gasteiger charge is 2.28. The fourth-order valence-electron chi connectivity index (χ4n) is 4.70. The van der Waals surface area contributed by atoms with E-state index >= 15 is 0 Å².